The summed E-state index contributed by atoms with van der Waals surface area (Å²) in [6.45, 7) is 0. The van der Waals surface area contributed by atoms with E-state index in [2.05, 4.69) is 91.0 Å². The maximum absolute atomic E-state index is 6.81. The van der Waals surface area contributed by atoms with Crippen LogP contribution in [0.25, 0.3) is 87.8 Å². The van der Waals surface area contributed by atoms with Crippen molar-refractivity contribution in [3.63, 3.8) is 0 Å². The van der Waals surface area contributed by atoms with Crippen LogP contribution >= 0.6 is 0 Å². The molecule has 0 radical (unpaired) electrons. The zero-order valence-electron chi connectivity index (χ0n) is 20.8. The fraction of sp³-hybridized carbons (Fsp3) is 0. The molecule has 9 rings (SSSR count). The lowest BCUT2D eigenvalue weighted by Gasteiger charge is -2.16. The van der Waals surface area contributed by atoms with Gasteiger partial charge in [-0.05, 0) is 45.1 Å². The first kappa shape index (κ1) is 20.7. The molecule has 0 N–H and O–H groups in total. The number of para-hydroxylation sites is 2. The van der Waals surface area contributed by atoms with E-state index in [4.69, 9.17) is 14.4 Å². The van der Waals surface area contributed by atoms with E-state index in [-0.39, 0.29) is 0 Å². The fourth-order valence-electron chi connectivity index (χ4n) is 6.39. The van der Waals surface area contributed by atoms with Crippen LogP contribution in [-0.2, 0) is 0 Å². The number of aromatic nitrogens is 2. The minimum Gasteiger partial charge on any atom is -0.455 e. The highest BCUT2D eigenvalue weighted by Crippen LogP contribution is 2.50. The smallest absolute Gasteiger partial charge is 0.146 e. The molecule has 0 aliphatic heterocycles. The topological polar surface area (TPSA) is 38.9 Å². The zero-order chi connectivity index (χ0) is 25.5. The Hall–Kier alpha value is -5.28. The average Bonchev–Trinajstić information content (AvgIpc) is 3.39. The van der Waals surface area contributed by atoms with E-state index in [1.54, 1.807) is 0 Å². The van der Waals surface area contributed by atoms with Gasteiger partial charge in [-0.25, -0.2) is 9.97 Å². The lowest BCUT2D eigenvalue weighted by Crippen LogP contribution is -1.97. The second-order valence-electron chi connectivity index (χ2n) is 10.1. The van der Waals surface area contributed by atoms with Crippen LogP contribution in [0, 0.1) is 0 Å². The number of fused-ring (bicyclic) bond motifs is 6. The van der Waals surface area contributed by atoms with E-state index >= 15 is 0 Å². The zero-order valence-corrected chi connectivity index (χ0v) is 20.8. The first-order valence-electron chi connectivity index (χ1n) is 13.2. The van der Waals surface area contributed by atoms with Crippen molar-refractivity contribution < 1.29 is 4.42 Å². The highest BCUT2D eigenvalue weighted by Gasteiger charge is 2.26. The molecule has 2 heterocycles. The monoisotopic (exact) mass is 496 g/mol. The van der Waals surface area contributed by atoms with Crippen LogP contribution in [-0.4, -0.2) is 9.97 Å². The van der Waals surface area contributed by atoms with Crippen LogP contribution in [0.5, 0.6) is 0 Å². The van der Waals surface area contributed by atoms with Gasteiger partial charge in [0.05, 0.1) is 22.3 Å². The summed E-state index contributed by atoms with van der Waals surface area (Å²) in [4.78, 5) is 10.5. The molecule has 9 aromatic rings. The van der Waals surface area contributed by atoms with Crippen molar-refractivity contribution in [3.8, 4) is 22.5 Å². The highest BCUT2D eigenvalue weighted by atomic mass is 16.3. The van der Waals surface area contributed by atoms with Crippen LogP contribution in [0.3, 0.4) is 0 Å². The molecule has 0 saturated heterocycles. The van der Waals surface area contributed by atoms with Crippen molar-refractivity contribution in [2.24, 2.45) is 0 Å². The minimum absolute atomic E-state index is 0.835. The quantitative estimate of drug-likeness (QED) is 0.224. The summed E-state index contributed by atoms with van der Waals surface area (Å²) in [5.41, 5.74) is 7.20. The number of furan rings is 1. The van der Waals surface area contributed by atoms with Gasteiger partial charge in [0, 0.05) is 21.7 Å². The summed E-state index contributed by atoms with van der Waals surface area (Å²) < 4.78 is 6.81. The Kier molecular flexibility index (Phi) is 4.05. The van der Waals surface area contributed by atoms with Crippen molar-refractivity contribution in [2.45, 2.75) is 0 Å². The van der Waals surface area contributed by atoms with Crippen molar-refractivity contribution in [3.05, 3.63) is 121 Å². The van der Waals surface area contributed by atoms with Crippen molar-refractivity contribution >= 4 is 65.3 Å². The molecule has 7 aromatic carbocycles. The normalized spacial score (nSPS) is 12.1. The largest absolute Gasteiger partial charge is 0.455 e. The highest BCUT2D eigenvalue weighted by molar-refractivity contribution is 6.40. The van der Waals surface area contributed by atoms with Gasteiger partial charge >= 0.3 is 0 Å². The van der Waals surface area contributed by atoms with Crippen LogP contribution in [0.15, 0.2) is 126 Å². The van der Waals surface area contributed by atoms with E-state index in [1.807, 2.05) is 30.3 Å². The van der Waals surface area contributed by atoms with Crippen LogP contribution in [0.1, 0.15) is 0 Å². The molecule has 0 atom stereocenters. The standard InChI is InChI=1S/C36H20N2O/c1-2-11-21(12-3-1)34-35(38-28-19-9-8-18-27(28)37-34)32-26-16-7-6-15-25(26)30-23-14-5-4-13-22(23)24-17-10-20-29-31(24)33(30)36(32)39-29/h1-20H. The van der Waals surface area contributed by atoms with Gasteiger partial charge in [-0.3, -0.25) is 0 Å². The molecule has 39 heavy (non-hydrogen) atoms. The maximum atomic E-state index is 6.81. The molecule has 0 saturated carbocycles. The molecule has 3 heteroatoms. The molecule has 0 aliphatic carbocycles. The SMILES string of the molecule is c1ccc(-c2nc3ccccc3nc2-c2c3ccccc3c3c4ccccc4c4cccc5oc2c3c54)cc1. The lowest BCUT2D eigenvalue weighted by molar-refractivity contribution is 0.670. The van der Waals surface area contributed by atoms with E-state index in [0.29, 0.717) is 0 Å². The Balaban J connectivity index is 1.57. The fourth-order valence-corrected chi connectivity index (χ4v) is 6.39. The van der Waals surface area contributed by atoms with Gasteiger partial charge in [-0.2, -0.15) is 0 Å². The number of hydrogen-bond acceptors (Lipinski definition) is 3. The second-order valence-corrected chi connectivity index (χ2v) is 10.1. The van der Waals surface area contributed by atoms with E-state index in [9.17, 15) is 0 Å². The maximum Gasteiger partial charge on any atom is 0.146 e. The van der Waals surface area contributed by atoms with E-state index < -0.39 is 0 Å². The van der Waals surface area contributed by atoms with Gasteiger partial charge in [0.1, 0.15) is 16.9 Å². The lowest BCUT2D eigenvalue weighted by atomic mass is 9.87. The average molecular weight is 497 g/mol. The van der Waals surface area contributed by atoms with Crippen LogP contribution < -0.4 is 0 Å². The van der Waals surface area contributed by atoms with Crippen molar-refractivity contribution in [2.75, 3.05) is 0 Å². The van der Waals surface area contributed by atoms with Gasteiger partial charge in [-0.15, -0.1) is 0 Å². The van der Waals surface area contributed by atoms with Gasteiger partial charge in [0.25, 0.3) is 0 Å². The van der Waals surface area contributed by atoms with E-state index in [1.165, 1.54) is 32.3 Å². The minimum atomic E-state index is 0.835. The Bertz CT molecular complexity index is 2390. The van der Waals surface area contributed by atoms with Crippen LogP contribution in [0.4, 0.5) is 0 Å². The van der Waals surface area contributed by atoms with Crippen molar-refractivity contribution in [1.82, 2.24) is 9.97 Å². The number of rotatable bonds is 2. The molecule has 0 fully saturated rings. The summed E-state index contributed by atoms with van der Waals surface area (Å²) in [7, 11) is 0. The molecular weight excluding hydrogens is 476 g/mol. The summed E-state index contributed by atoms with van der Waals surface area (Å²) in [5.74, 6) is 0. The summed E-state index contributed by atoms with van der Waals surface area (Å²) in [6.07, 6.45) is 0. The van der Waals surface area contributed by atoms with Gasteiger partial charge in [0.2, 0.25) is 0 Å². The molecule has 0 bridgehead atoms. The Morgan fingerprint density at radius 2 is 0.974 bits per heavy atom. The number of hydrogen-bond donors (Lipinski definition) is 0. The van der Waals surface area contributed by atoms with Gasteiger partial charge < -0.3 is 4.42 Å². The molecule has 3 nitrogen and oxygen atoms in total. The molecule has 0 unspecified atom stereocenters. The number of nitrogens with zero attached hydrogens (tertiary/aromatic N) is 2. The summed E-state index contributed by atoms with van der Waals surface area (Å²) >= 11 is 0. The summed E-state index contributed by atoms with van der Waals surface area (Å²) in [6, 6.07) is 42.1. The molecule has 0 amide bonds. The van der Waals surface area contributed by atoms with Crippen LogP contribution in [0.2, 0.25) is 0 Å². The Morgan fingerprint density at radius 1 is 0.410 bits per heavy atom. The molecular formula is C36H20N2O. The third-order valence-corrected chi connectivity index (χ3v) is 8.00. The predicted molar refractivity (Wildman–Crippen MR) is 161 cm³/mol. The molecule has 0 aliphatic rings. The first-order valence-corrected chi connectivity index (χ1v) is 13.2. The first-order chi connectivity index (χ1) is 19.4. The van der Waals surface area contributed by atoms with Gasteiger partial charge in [-0.1, -0.05) is 103 Å². The Labute approximate surface area is 223 Å². The Morgan fingerprint density at radius 3 is 1.74 bits per heavy atom. The van der Waals surface area contributed by atoms with Gasteiger partial charge in [0.15, 0.2) is 0 Å². The van der Waals surface area contributed by atoms with Crippen molar-refractivity contribution in [1.29, 1.82) is 0 Å². The summed E-state index contributed by atoms with van der Waals surface area (Å²) in [5, 5.41) is 9.55. The molecule has 180 valence electrons. The number of benzene rings is 7. The molecule has 0 spiro atoms. The third kappa shape index (κ3) is 2.76. The predicted octanol–water partition coefficient (Wildman–Crippen LogP) is 9.76. The van der Waals surface area contributed by atoms with E-state index in [0.717, 1.165) is 55.5 Å². The second kappa shape index (κ2) is 7.62. The third-order valence-electron chi connectivity index (χ3n) is 8.00. The molecule has 2 aromatic heterocycles.